The van der Waals surface area contributed by atoms with Gasteiger partial charge in [-0.1, -0.05) is 12.2 Å². The average molecular weight is 487 g/mol. The highest BCUT2D eigenvalue weighted by molar-refractivity contribution is 6.05. The number of benzene rings is 2. The van der Waals surface area contributed by atoms with Crippen molar-refractivity contribution in [3.05, 3.63) is 60.7 Å². The van der Waals surface area contributed by atoms with E-state index >= 15 is 0 Å². The molecule has 3 aliphatic heterocycles. The van der Waals surface area contributed by atoms with Crippen LogP contribution in [0.15, 0.2) is 60.7 Å². The molecule has 182 valence electrons. The molecule has 0 saturated carbocycles. The van der Waals surface area contributed by atoms with Crippen molar-refractivity contribution in [3.8, 4) is 5.75 Å². The van der Waals surface area contributed by atoms with Crippen LogP contribution in [0, 0.1) is 11.8 Å². The molecule has 3 heterocycles. The second-order valence-electron chi connectivity index (χ2n) is 8.61. The van der Waals surface area contributed by atoms with Crippen LogP contribution in [0.2, 0.25) is 0 Å². The second-order valence-corrected chi connectivity index (χ2v) is 8.61. The van der Waals surface area contributed by atoms with Crippen molar-refractivity contribution in [1.29, 1.82) is 0 Å². The Morgan fingerprint density at radius 1 is 1.06 bits per heavy atom. The van der Waals surface area contributed by atoms with Gasteiger partial charge in [0.1, 0.15) is 11.4 Å². The minimum absolute atomic E-state index is 0.213. The first kappa shape index (κ1) is 22.9. The summed E-state index contributed by atoms with van der Waals surface area (Å²) < 4.78 is 47.0. The van der Waals surface area contributed by atoms with Crippen LogP contribution in [0.25, 0.3) is 0 Å². The number of hydrogen-bond acceptors (Lipinski definition) is 5. The third-order valence-corrected chi connectivity index (χ3v) is 6.26. The molecule has 2 N–H and O–H groups in total. The van der Waals surface area contributed by atoms with Gasteiger partial charge in [0.2, 0.25) is 17.7 Å². The average Bonchev–Trinajstić information content (AvgIpc) is 3.42. The molecular weight excluding hydrogens is 467 g/mol. The van der Waals surface area contributed by atoms with Crippen LogP contribution in [0.5, 0.6) is 5.75 Å². The Bertz CT molecular complexity index is 1210. The smallest absolute Gasteiger partial charge is 0.406 e. The highest BCUT2D eigenvalue weighted by Gasteiger charge is 2.67. The largest absolute Gasteiger partial charge is 0.573 e. The number of hydrogen-bond donors (Lipinski definition) is 2. The van der Waals surface area contributed by atoms with Crippen molar-refractivity contribution in [2.45, 2.75) is 25.0 Å². The summed E-state index contributed by atoms with van der Waals surface area (Å²) in [5.41, 5.74) is 0.519. The van der Waals surface area contributed by atoms with Gasteiger partial charge in [0, 0.05) is 24.0 Å². The van der Waals surface area contributed by atoms with E-state index in [1.54, 1.807) is 35.2 Å². The van der Waals surface area contributed by atoms with Gasteiger partial charge in [-0.15, -0.1) is 13.2 Å². The first-order valence-electron chi connectivity index (χ1n) is 10.8. The lowest BCUT2D eigenvalue weighted by Gasteiger charge is -2.23. The lowest BCUT2D eigenvalue weighted by molar-refractivity contribution is -0.274. The summed E-state index contributed by atoms with van der Waals surface area (Å²) in [6, 6.07) is 11.5. The van der Waals surface area contributed by atoms with Crippen molar-refractivity contribution in [1.82, 2.24) is 0 Å². The molecule has 5 rings (SSSR count). The Morgan fingerprint density at radius 3 is 2.31 bits per heavy atom. The quantitative estimate of drug-likeness (QED) is 0.630. The molecule has 3 amide bonds. The molecule has 8 nitrogen and oxygen atoms in total. The first-order valence-corrected chi connectivity index (χ1v) is 10.8. The number of amides is 3. The predicted octanol–water partition coefficient (Wildman–Crippen LogP) is 3.47. The molecule has 2 aromatic carbocycles. The van der Waals surface area contributed by atoms with Gasteiger partial charge in [0.15, 0.2) is 0 Å². The molecule has 0 aliphatic carbocycles. The van der Waals surface area contributed by atoms with Crippen molar-refractivity contribution in [3.63, 3.8) is 0 Å². The summed E-state index contributed by atoms with van der Waals surface area (Å²) >= 11 is 0. The van der Waals surface area contributed by atoms with Crippen molar-refractivity contribution >= 4 is 34.8 Å². The summed E-state index contributed by atoms with van der Waals surface area (Å²) in [4.78, 5) is 39.4. The van der Waals surface area contributed by atoms with Crippen LogP contribution in [0.1, 0.15) is 6.92 Å². The number of ether oxygens (including phenoxy) is 2. The Balaban J connectivity index is 1.32. The van der Waals surface area contributed by atoms with E-state index in [9.17, 15) is 27.6 Å². The Hall–Kier alpha value is -3.86. The molecule has 2 bridgehead atoms. The number of carbonyl (C=O) groups is 3. The highest BCUT2D eigenvalue weighted by atomic mass is 19.4. The molecule has 0 radical (unpaired) electrons. The van der Waals surface area contributed by atoms with Gasteiger partial charge in [-0.2, -0.15) is 0 Å². The van der Waals surface area contributed by atoms with E-state index in [2.05, 4.69) is 15.4 Å². The Labute approximate surface area is 197 Å². The van der Waals surface area contributed by atoms with E-state index in [1.807, 2.05) is 6.08 Å². The van der Waals surface area contributed by atoms with Gasteiger partial charge in [-0.3, -0.25) is 14.4 Å². The third kappa shape index (κ3) is 4.23. The summed E-state index contributed by atoms with van der Waals surface area (Å²) in [6.45, 7) is 1.63. The molecule has 0 aromatic heterocycles. The summed E-state index contributed by atoms with van der Waals surface area (Å²) in [5, 5.41) is 5.33. The lowest BCUT2D eigenvalue weighted by Crippen LogP contribution is -2.41. The second kappa shape index (κ2) is 8.12. The molecule has 3 aliphatic rings. The molecular formula is C24H20F3N3O5. The fourth-order valence-electron chi connectivity index (χ4n) is 4.91. The van der Waals surface area contributed by atoms with Crippen molar-refractivity contribution < 1.29 is 37.0 Å². The first-order chi connectivity index (χ1) is 16.5. The van der Waals surface area contributed by atoms with Crippen LogP contribution in [0.3, 0.4) is 0 Å². The zero-order valence-electron chi connectivity index (χ0n) is 18.3. The van der Waals surface area contributed by atoms with Crippen LogP contribution in [0.4, 0.5) is 30.2 Å². The van der Waals surface area contributed by atoms with E-state index < -0.39 is 41.6 Å². The molecule has 1 spiro atoms. The molecule has 2 fully saturated rings. The normalized spacial score (nSPS) is 26.6. The standard InChI is InChI=1S/C24H20F3N3O5/c1-13(31)28-14-2-6-16(7-3-14)30-12-23-11-10-18(35-23)19(20(23)22(30)33)21(32)29-15-4-8-17(9-5-15)34-24(25,26)27/h2-11,18-20H,12H2,1H3,(H,28,31)(H,29,32). The number of carbonyl (C=O) groups excluding carboxylic acids is 3. The molecule has 35 heavy (non-hydrogen) atoms. The van der Waals surface area contributed by atoms with Gasteiger partial charge in [-0.25, -0.2) is 0 Å². The molecule has 4 unspecified atom stereocenters. The van der Waals surface area contributed by atoms with Crippen LogP contribution >= 0.6 is 0 Å². The predicted molar refractivity (Wildman–Crippen MR) is 119 cm³/mol. The topological polar surface area (TPSA) is 97.0 Å². The number of fused-ring (bicyclic) bond motifs is 1. The minimum Gasteiger partial charge on any atom is -0.406 e. The monoisotopic (exact) mass is 487 g/mol. The SMILES string of the molecule is CC(=O)Nc1ccc(N2CC34C=CC(O3)C(C(=O)Nc3ccc(OC(F)(F)F)cc3)C4C2=O)cc1. The van der Waals surface area contributed by atoms with Crippen LogP contribution in [-0.4, -0.2) is 42.3 Å². The number of anilines is 3. The van der Waals surface area contributed by atoms with Crippen LogP contribution < -0.4 is 20.3 Å². The van der Waals surface area contributed by atoms with E-state index in [4.69, 9.17) is 4.74 Å². The lowest BCUT2D eigenvalue weighted by atomic mass is 9.77. The maximum Gasteiger partial charge on any atom is 0.573 e. The van der Waals surface area contributed by atoms with Gasteiger partial charge in [-0.05, 0) is 48.5 Å². The van der Waals surface area contributed by atoms with Gasteiger partial charge in [0.25, 0.3) is 0 Å². The minimum atomic E-state index is -4.81. The maximum absolute atomic E-state index is 13.4. The van der Waals surface area contributed by atoms with E-state index in [0.717, 1.165) is 12.1 Å². The summed E-state index contributed by atoms with van der Waals surface area (Å²) in [6.07, 6.45) is -1.82. The van der Waals surface area contributed by atoms with Gasteiger partial charge in [0.05, 0.1) is 24.5 Å². The molecule has 11 heteroatoms. The maximum atomic E-state index is 13.4. The fraction of sp³-hybridized carbons (Fsp3) is 0.292. The van der Waals surface area contributed by atoms with E-state index in [-0.39, 0.29) is 24.0 Å². The van der Waals surface area contributed by atoms with Crippen LogP contribution in [-0.2, 0) is 19.1 Å². The Morgan fingerprint density at radius 2 is 1.69 bits per heavy atom. The van der Waals surface area contributed by atoms with E-state index in [0.29, 0.717) is 11.4 Å². The Kier molecular flexibility index (Phi) is 5.32. The third-order valence-electron chi connectivity index (χ3n) is 6.26. The number of rotatable bonds is 5. The summed E-state index contributed by atoms with van der Waals surface area (Å²) in [5.74, 6) is -2.91. The highest BCUT2D eigenvalue weighted by Crippen LogP contribution is 2.52. The number of nitrogens with one attached hydrogen (secondary N) is 2. The zero-order chi connectivity index (χ0) is 25.0. The van der Waals surface area contributed by atoms with Crippen molar-refractivity contribution in [2.75, 3.05) is 22.1 Å². The van der Waals surface area contributed by atoms with E-state index in [1.165, 1.54) is 19.1 Å². The fourth-order valence-corrected chi connectivity index (χ4v) is 4.91. The number of nitrogens with zero attached hydrogens (tertiary/aromatic N) is 1. The van der Waals surface area contributed by atoms with Gasteiger partial charge >= 0.3 is 6.36 Å². The van der Waals surface area contributed by atoms with Gasteiger partial charge < -0.3 is 25.0 Å². The molecule has 4 atom stereocenters. The number of halogens is 3. The van der Waals surface area contributed by atoms with Crippen molar-refractivity contribution in [2.24, 2.45) is 11.8 Å². The number of alkyl halides is 3. The summed E-state index contributed by atoms with van der Waals surface area (Å²) in [7, 11) is 0. The molecule has 2 aromatic rings. The zero-order valence-corrected chi connectivity index (χ0v) is 18.3. The molecule has 2 saturated heterocycles.